The molecule has 1 aromatic carbocycles. The number of rotatable bonds is 20. The molecule has 2 atom stereocenters. The highest BCUT2D eigenvalue weighted by Crippen LogP contribution is 2.48. The van der Waals surface area contributed by atoms with E-state index in [1.807, 2.05) is 12.1 Å². The summed E-state index contributed by atoms with van der Waals surface area (Å²) < 4.78 is 31.9. The van der Waals surface area contributed by atoms with Crippen molar-refractivity contribution in [3.63, 3.8) is 0 Å². The van der Waals surface area contributed by atoms with Crippen molar-refractivity contribution in [2.45, 2.75) is 71.4 Å². The fourth-order valence-corrected chi connectivity index (χ4v) is 5.59. The summed E-state index contributed by atoms with van der Waals surface area (Å²) in [6.07, 6.45) is 10.3. The highest BCUT2D eigenvalue weighted by Gasteiger charge is 2.26. The lowest BCUT2D eigenvalue weighted by atomic mass is 10.0. The summed E-state index contributed by atoms with van der Waals surface area (Å²) in [4.78, 5) is 24.3. The number of primary amides is 1. The lowest BCUT2D eigenvalue weighted by molar-refractivity contribution is -0.120. The van der Waals surface area contributed by atoms with Crippen molar-refractivity contribution in [3.8, 4) is 5.75 Å². The molecule has 1 unspecified atom stereocenters. The Labute approximate surface area is 235 Å². The smallest absolute Gasteiger partial charge is 0.404 e. The summed E-state index contributed by atoms with van der Waals surface area (Å²) in [6, 6.07) is 6.60. The molecular formula is C27H42N7O5P. The van der Waals surface area contributed by atoms with Crippen LogP contribution in [0, 0.1) is 0 Å². The molecule has 12 nitrogen and oxygen atoms in total. The minimum absolute atomic E-state index is 0.200. The van der Waals surface area contributed by atoms with Crippen LogP contribution in [0.25, 0.3) is 11.2 Å². The third-order valence-electron chi connectivity index (χ3n) is 6.35. The Morgan fingerprint density at radius 2 is 1.82 bits per heavy atom. The van der Waals surface area contributed by atoms with Crippen molar-refractivity contribution in [2.75, 3.05) is 31.8 Å². The van der Waals surface area contributed by atoms with Gasteiger partial charge in [-0.15, -0.1) is 0 Å². The van der Waals surface area contributed by atoms with Crippen molar-refractivity contribution in [1.82, 2.24) is 24.8 Å². The van der Waals surface area contributed by atoms with Crippen LogP contribution in [-0.4, -0.2) is 57.6 Å². The maximum Gasteiger partial charge on any atom is 0.404 e. The Balaban J connectivity index is 1.47. The second-order valence-electron chi connectivity index (χ2n) is 9.55. The highest BCUT2D eigenvalue weighted by atomic mass is 31.2. The summed E-state index contributed by atoms with van der Waals surface area (Å²) in [7, 11) is -3.57. The molecule has 3 aromatic rings. The van der Waals surface area contributed by atoms with Crippen LogP contribution in [0.4, 0.5) is 5.82 Å². The molecule has 0 aliphatic heterocycles. The molecule has 3 rings (SSSR count). The van der Waals surface area contributed by atoms with Crippen molar-refractivity contribution >= 4 is 30.5 Å². The molecule has 2 heterocycles. The number of aromatic nitrogens is 4. The van der Waals surface area contributed by atoms with Crippen LogP contribution in [-0.2, 0) is 31.6 Å². The first-order valence-electron chi connectivity index (χ1n) is 13.9. The molecule has 0 saturated carbocycles. The monoisotopic (exact) mass is 575 g/mol. The minimum atomic E-state index is -3.57. The number of amides is 1. The van der Waals surface area contributed by atoms with Crippen LogP contribution in [0.5, 0.6) is 5.75 Å². The van der Waals surface area contributed by atoms with Gasteiger partial charge >= 0.3 is 7.60 Å². The first-order chi connectivity index (χ1) is 19.3. The molecule has 5 N–H and O–H groups in total. The summed E-state index contributed by atoms with van der Waals surface area (Å²) in [5, 5.41) is 3.27. The van der Waals surface area contributed by atoms with Crippen LogP contribution in [0.2, 0.25) is 0 Å². The van der Waals surface area contributed by atoms with E-state index in [1.165, 1.54) is 32.0 Å². The number of unbranched alkanes of at least 4 members (excludes halogenated alkanes) is 5. The SMILES string of the molecule is CCCCCCCCN[C@@H](Cc1ccc(OP(=O)(COCCn2cnc3c(N)ncnc32)OCC)cc1)C(N)=O. The zero-order valence-electron chi connectivity index (χ0n) is 23.5. The van der Waals surface area contributed by atoms with Crippen LogP contribution >= 0.6 is 7.60 Å². The number of carbonyl (C=O) groups is 1. The van der Waals surface area contributed by atoms with Crippen LogP contribution in [0.15, 0.2) is 36.9 Å². The van der Waals surface area contributed by atoms with E-state index >= 15 is 0 Å². The van der Waals surface area contributed by atoms with Gasteiger partial charge in [0, 0.05) is 6.54 Å². The Morgan fingerprint density at radius 3 is 2.55 bits per heavy atom. The third kappa shape index (κ3) is 9.85. The zero-order chi connectivity index (χ0) is 28.8. The number of ether oxygens (including phenoxy) is 1. The lowest BCUT2D eigenvalue weighted by Crippen LogP contribution is -2.43. The van der Waals surface area contributed by atoms with E-state index in [0.717, 1.165) is 24.9 Å². The van der Waals surface area contributed by atoms with E-state index in [1.54, 1.807) is 30.0 Å². The first-order valence-corrected chi connectivity index (χ1v) is 15.6. The van der Waals surface area contributed by atoms with Gasteiger partial charge in [0.15, 0.2) is 17.8 Å². The number of nitrogen functional groups attached to an aromatic ring is 1. The Morgan fingerprint density at radius 1 is 1.07 bits per heavy atom. The molecule has 0 spiro atoms. The number of nitrogens with zero attached hydrogens (tertiary/aromatic N) is 4. The van der Waals surface area contributed by atoms with E-state index in [0.29, 0.717) is 35.7 Å². The molecule has 0 aliphatic carbocycles. The zero-order valence-corrected chi connectivity index (χ0v) is 24.4. The Kier molecular flexibility index (Phi) is 12.8. The predicted octanol–water partition coefficient (Wildman–Crippen LogP) is 4.04. The summed E-state index contributed by atoms with van der Waals surface area (Å²) >= 11 is 0. The summed E-state index contributed by atoms with van der Waals surface area (Å²) in [5.41, 5.74) is 13.5. The molecule has 0 saturated heterocycles. The second-order valence-corrected chi connectivity index (χ2v) is 11.5. The number of nitrogens with two attached hydrogens (primary N) is 2. The third-order valence-corrected chi connectivity index (χ3v) is 7.99. The Hall–Kier alpha value is -3.05. The van der Waals surface area contributed by atoms with Gasteiger partial charge in [-0.25, -0.2) is 19.5 Å². The van der Waals surface area contributed by atoms with E-state index in [4.69, 9.17) is 25.3 Å². The summed E-state index contributed by atoms with van der Waals surface area (Å²) in [5.74, 6) is 0.302. The molecule has 220 valence electrons. The summed E-state index contributed by atoms with van der Waals surface area (Å²) in [6.45, 7) is 5.54. The second kappa shape index (κ2) is 16.3. The largest absolute Gasteiger partial charge is 0.423 e. The van der Waals surface area contributed by atoms with Crippen LogP contribution in [0.1, 0.15) is 57.9 Å². The van der Waals surface area contributed by atoms with Gasteiger partial charge in [0.2, 0.25) is 5.91 Å². The van der Waals surface area contributed by atoms with Crippen molar-refractivity contribution < 1.29 is 23.1 Å². The molecule has 0 aliphatic rings. The highest BCUT2D eigenvalue weighted by molar-refractivity contribution is 7.54. The first kappa shape index (κ1) is 31.5. The maximum atomic E-state index is 13.3. The quantitative estimate of drug-likeness (QED) is 0.132. The molecule has 0 bridgehead atoms. The van der Waals surface area contributed by atoms with Crippen molar-refractivity contribution in [3.05, 3.63) is 42.5 Å². The molecule has 2 aromatic heterocycles. The fraction of sp³-hybridized carbons (Fsp3) is 0.556. The van der Waals surface area contributed by atoms with Crippen LogP contribution in [0.3, 0.4) is 0 Å². The van der Waals surface area contributed by atoms with Gasteiger partial charge in [-0.3, -0.25) is 9.32 Å². The van der Waals surface area contributed by atoms with Crippen molar-refractivity contribution in [2.24, 2.45) is 5.73 Å². The molecule has 13 heteroatoms. The number of nitrogens with one attached hydrogen (secondary N) is 1. The number of carbonyl (C=O) groups excluding carboxylic acids is 1. The van der Waals surface area contributed by atoms with E-state index < -0.39 is 13.6 Å². The van der Waals surface area contributed by atoms with Crippen LogP contribution < -0.4 is 21.3 Å². The number of fused-ring (bicyclic) bond motifs is 1. The molecule has 0 radical (unpaired) electrons. The normalized spacial score (nSPS) is 13.8. The molecule has 1 amide bonds. The maximum absolute atomic E-state index is 13.3. The number of hydrogen-bond acceptors (Lipinski definition) is 10. The van der Waals surface area contributed by atoms with E-state index in [-0.39, 0.29) is 25.5 Å². The van der Waals surface area contributed by atoms with Gasteiger partial charge in [0.25, 0.3) is 0 Å². The average Bonchev–Trinajstić information content (AvgIpc) is 3.35. The topological polar surface area (TPSA) is 170 Å². The molecular weight excluding hydrogens is 533 g/mol. The van der Waals surface area contributed by atoms with Gasteiger partial charge in [-0.05, 0) is 44.0 Å². The fourth-order valence-electron chi connectivity index (χ4n) is 4.23. The number of imidazole rings is 1. The number of hydrogen-bond donors (Lipinski definition) is 3. The van der Waals surface area contributed by atoms with Gasteiger partial charge < -0.3 is 30.6 Å². The van der Waals surface area contributed by atoms with Gasteiger partial charge in [-0.1, -0.05) is 51.2 Å². The van der Waals surface area contributed by atoms with E-state index in [2.05, 4.69) is 27.2 Å². The minimum Gasteiger partial charge on any atom is -0.423 e. The average molecular weight is 576 g/mol. The number of anilines is 1. The lowest BCUT2D eigenvalue weighted by Gasteiger charge is -2.19. The van der Waals surface area contributed by atoms with Gasteiger partial charge in [0.1, 0.15) is 17.6 Å². The van der Waals surface area contributed by atoms with Gasteiger partial charge in [-0.2, -0.15) is 0 Å². The Bertz CT molecular complexity index is 1240. The van der Waals surface area contributed by atoms with Gasteiger partial charge in [0.05, 0.1) is 25.6 Å². The standard InChI is InChI=1S/C27H42N7O5P/c1-3-5-6-7-8-9-14-30-23(26(29)35)17-21-10-12-22(13-11-21)39-40(36,38-4-2)20-37-16-15-34-19-33-24-25(28)31-18-32-27(24)34/h10-13,18-19,23,30H,3-9,14-17,20H2,1-2H3,(H2,29,35)(H2,28,31,32)/t23-,40?/m0/s1. The predicted molar refractivity (Wildman–Crippen MR) is 155 cm³/mol. The number of benzene rings is 1. The molecule has 40 heavy (non-hydrogen) atoms. The van der Waals surface area contributed by atoms with Crippen molar-refractivity contribution in [1.29, 1.82) is 0 Å². The molecule has 0 fully saturated rings. The van der Waals surface area contributed by atoms with E-state index in [9.17, 15) is 9.36 Å².